The number of carbonyl (C=O) groups excluding carboxylic acids is 2. The van der Waals surface area contributed by atoms with Crippen molar-refractivity contribution in [2.24, 2.45) is 0 Å². The molecule has 0 radical (unpaired) electrons. The van der Waals surface area contributed by atoms with E-state index in [0.29, 0.717) is 17.9 Å². The van der Waals surface area contributed by atoms with Crippen molar-refractivity contribution in [3.8, 4) is 16.9 Å². The molecule has 0 bridgehead atoms. The zero-order chi connectivity index (χ0) is 24.7. The van der Waals surface area contributed by atoms with E-state index in [1.807, 2.05) is 20.2 Å². The highest BCUT2D eigenvalue weighted by Gasteiger charge is 2.09. The van der Waals surface area contributed by atoms with Gasteiger partial charge in [-0.3, -0.25) is 9.59 Å². The highest BCUT2D eigenvalue weighted by molar-refractivity contribution is 6.07. The molecule has 1 N–H and O–H groups in total. The number of benzene rings is 3. The molecule has 5 heteroatoms. The van der Waals surface area contributed by atoms with Gasteiger partial charge in [0, 0.05) is 30.3 Å². The zero-order valence-electron chi connectivity index (χ0n) is 20.5. The normalized spacial score (nSPS) is 11.1. The van der Waals surface area contributed by atoms with Gasteiger partial charge in [0.05, 0.1) is 0 Å². The lowest BCUT2D eigenvalue weighted by Crippen LogP contribution is -2.19. The number of nitrogens with zero attached hydrogens (tertiary/aromatic N) is 1. The summed E-state index contributed by atoms with van der Waals surface area (Å²) in [7, 11) is 4.00. The lowest BCUT2D eigenvalue weighted by atomic mass is 9.98. The minimum atomic E-state index is -0.178. The van der Waals surface area contributed by atoms with Gasteiger partial charge in [-0.2, -0.15) is 0 Å². The Morgan fingerprint density at radius 1 is 0.941 bits per heavy atom. The van der Waals surface area contributed by atoms with Crippen molar-refractivity contribution < 1.29 is 14.3 Å². The van der Waals surface area contributed by atoms with E-state index in [2.05, 4.69) is 54.4 Å². The standard InChI is InChI=1S/C29H32N2O3/c1-20-15-21(2)17-26(16-20)23-10-12-29(34-14-13-31(4)5)25(18-23)9-11-28(33)24-7-6-8-27(19-24)30-22(3)32/h6-12,15-19H,13-14H2,1-5H3,(H,30,32). The molecule has 5 nitrogen and oxygen atoms in total. The number of anilines is 1. The van der Waals surface area contributed by atoms with Crippen LogP contribution in [0.15, 0.2) is 66.7 Å². The van der Waals surface area contributed by atoms with E-state index in [-0.39, 0.29) is 11.7 Å². The van der Waals surface area contributed by atoms with Crippen LogP contribution >= 0.6 is 0 Å². The van der Waals surface area contributed by atoms with Crippen LogP contribution in [0.4, 0.5) is 5.69 Å². The fraction of sp³-hybridized carbons (Fsp3) is 0.241. The first kappa shape index (κ1) is 24.9. The van der Waals surface area contributed by atoms with Crippen LogP contribution in [0.2, 0.25) is 0 Å². The Bertz CT molecular complexity index is 1190. The molecule has 34 heavy (non-hydrogen) atoms. The first-order chi connectivity index (χ1) is 16.2. The Morgan fingerprint density at radius 2 is 1.68 bits per heavy atom. The number of ether oxygens (including phenoxy) is 1. The van der Waals surface area contributed by atoms with E-state index in [1.165, 1.54) is 18.1 Å². The van der Waals surface area contributed by atoms with Gasteiger partial charge in [0.2, 0.25) is 5.91 Å². The summed E-state index contributed by atoms with van der Waals surface area (Å²) >= 11 is 0. The monoisotopic (exact) mass is 456 g/mol. The second-order valence-electron chi connectivity index (χ2n) is 8.74. The largest absolute Gasteiger partial charge is 0.492 e. The smallest absolute Gasteiger partial charge is 0.221 e. The number of nitrogens with one attached hydrogen (secondary N) is 1. The second kappa shape index (κ2) is 11.4. The molecule has 0 aromatic heterocycles. The SMILES string of the molecule is CC(=O)Nc1cccc(C(=O)C=Cc2cc(-c3cc(C)cc(C)c3)ccc2OCCN(C)C)c1. The summed E-state index contributed by atoms with van der Waals surface area (Å²) in [5.41, 5.74) is 6.52. The number of hydrogen-bond acceptors (Lipinski definition) is 4. The highest BCUT2D eigenvalue weighted by Crippen LogP contribution is 2.29. The predicted molar refractivity (Wildman–Crippen MR) is 140 cm³/mol. The minimum absolute atomic E-state index is 0.150. The number of ketones is 1. The average Bonchev–Trinajstić information content (AvgIpc) is 2.77. The maximum atomic E-state index is 12.9. The summed E-state index contributed by atoms with van der Waals surface area (Å²) in [5, 5.41) is 2.71. The molecule has 0 aliphatic carbocycles. The molecule has 176 valence electrons. The predicted octanol–water partition coefficient (Wildman–Crippen LogP) is 5.77. The summed E-state index contributed by atoms with van der Waals surface area (Å²) in [4.78, 5) is 26.3. The Labute approximate surface area is 202 Å². The van der Waals surface area contributed by atoms with Gasteiger partial charge >= 0.3 is 0 Å². The van der Waals surface area contributed by atoms with Gasteiger partial charge in [-0.15, -0.1) is 0 Å². The van der Waals surface area contributed by atoms with Crippen molar-refractivity contribution in [2.75, 3.05) is 32.6 Å². The van der Waals surface area contributed by atoms with Crippen molar-refractivity contribution >= 4 is 23.5 Å². The first-order valence-corrected chi connectivity index (χ1v) is 11.3. The molecule has 0 atom stereocenters. The van der Waals surface area contributed by atoms with Crippen LogP contribution in [0.25, 0.3) is 17.2 Å². The number of hydrogen-bond donors (Lipinski definition) is 1. The van der Waals surface area contributed by atoms with Crippen molar-refractivity contribution in [1.82, 2.24) is 4.90 Å². The molecule has 0 aliphatic rings. The van der Waals surface area contributed by atoms with Crippen molar-refractivity contribution in [3.63, 3.8) is 0 Å². The summed E-state index contributed by atoms with van der Waals surface area (Å²) < 4.78 is 6.04. The third-order valence-electron chi connectivity index (χ3n) is 5.24. The average molecular weight is 457 g/mol. The topological polar surface area (TPSA) is 58.6 Å². The Morgan fingerprint density at radius 3 is 2.35 bits per heavy atom. The second-order valence-corrected chi connectivity index (χ2v) is 8.74. The van der Waals surface area contributed by atoms with E-state index in [0.717, 1.165) is 29.0 Å². The minimum Gasteiger partial charge on any atom is -0.492 e. The highest BCUT2D eigenvalue weighted by atomic mass is 16.5. The van der Waals surface area contributed by atoms with Gasteiger partial charge in [-0.1, -0.05) is 47.5 Å². The van der Waals surface area contributed by atoms with Crippen LogP contribution in [-0.2, 0) is 4.79 Å². The quantitative estimate of drug-likeness (QED) is 0.328. The van der Waals surface area contributed by atoms with Crippen molar-refractivity contribution in [2.45, 2.75) is 20.8 Å². The molecule has 0 saturated carbocycles. The zero-order valence-corrected chi connectivity index (χ0v) is 20.5. The van der Waals surface area contributed by atoms with Crippen LogP contribution in [0.1, 0.15) is 34.0 Å². The molecule has 3 aromatic rings. The molecule has 3 rings (SSSR count). The lowest BCUT2D eigenvalue weighted by molar-refractivity contribution is -0.114. The molecule has 0 fully saturated rings. The summed E-state index contributed by atoms with van der Waals surface area (Å²) in [6.07, 6.45) is 3.34. The van der Waals surface area contributed by atoms with E-state index in [9.17, 15) is 9.59 Å². The van der Waals surface area contributed by atoms with Gasteiger partial charge in [-0.25, -0.2) is 0 Å². The molecular weight excluding hydrogens is 424 g/mol. The van der Waals surface area contributed by atoms with Crippen LogP contribution in [0.5, 0.6) is 5.75 Å². The van der Waals surface area contributed by atoms with Crippen LogP contribution in [-0.4, -0.2) is 43.8 Å². The Balaban J connectivity index is 1.92. The van der Waals surface area contributed by atoms with Gasteiger partial charge in [0.15, 0.2) is 5.78 Å². The molecular formula is C29H32N2O3. The van der Waals surface area contributed by atoms with Gasteiger partial charge in [-0.05, 0) is 75.5 Å². The van der Waals surface area contributed by atoms with E-state index in [1.54, 1.807) is 36.4 Å². The number of allylic oxidation sites excluding steroid dienone is 1. The van der Waals surface area contributed by atoms with Gasteiger partial charge in [0.1, 0.15) is 12.4 Å². The Kier molecular flexibility index (Phi) is 8.39. The molecule has 3 aromatic carbocycles. The molecule has 0 saturated heterocycles. The summed E-state index contributed by atoms with van der Waals surface area (Å²) in [5.74, 6) is 0.400. The summed E-state index contributed by atoms with van der Waals surface area (Å²) in [6.45, 7) is 6.95. The van der Waals surface area contributed by atoms with Crippen molar-refractivity contribution in [3.05, 3.63) is 89.0 Å². The summed E-state index contributed by atoms with van der Waals surface area (Å²) in [6, 6.07) is 19.4. The molecule has 0 heterocycles. The maximum absolute atomic E-state index is 12.9. The number of aryl methyl sites for hydroxylation is 2. The van der Waals surface area contributed by atoms with Crippen LogP contribution in [0.3, 0.4) is 0 Å². The van der Waals surface area contributed by atoms with Gasteiger partial charge < -0.3 is 15.0 Å². The fourth-order valence-corrected chi connectivity index (χ4v) is 3.68. The Hall–Kier alpha value is -3.70. The lowest BCUT2D eigenvalue weighted by Gasteiger charge is -2.14. The van der Waals surface area contributed by atoms with E-state index >= 15 is 0 Å². The van der Waals surface area contributed by atoms with Crippen LogP contribution < -0.4 is 10.1 Å². The van der Waals surface area contributed by atoms with E-state index < -0.39 is 0 Å². The molecule has 0 spiro atoms. The maximum Gasteiger partial charge on any atom is 0.221 e. The number of carbonyl (C=O) groups is 2. The fourth-order valence-electron chi connectivity index (χ4n) is 3.68. The van der Waals surface area contributed by atoms with Crippen molar-refractivity contribution in [1.29, 1.82) is 0 Å². The number of amides is 1. The first-order valence-electron chi connectivity index (χ1n) is 11.3. The molecule has 0 unspecified atom stereocenters. The third-order valence-corrected chi connectivity index (χ3v) is 5.24. The molecule has 0 aliphatic heterocycles. The van der Waals surface area contributed by atoms with Gasteiger partial charge in [0.25, 0.3) is 0 Å². The van der Waals surface area contributed by atoms with Crippen LogP contribution in [0, 0.1) is 13.8 Å². The third kappa shape index (κ3) is 7.15. The molecule has 1 amide bonds. The number of rotatable bonds is 9. The van der Waals surface area contributed by atoms with E-state index in [4.69, 9.17) is 4.74 Å². The number of likely N-dealkylation sites (N-methyl/N-ethyl adjacent to an activating group) is 1.